The molecule has 0 saturated carbocycles. The lowest BCUT2D eigenvalue weighted by molar-refractivity contribution is -0.385. The molecule has 1 aromatic rings. The lowest BCUT2D eigenvalue weighted by Crippen LogP contribution is -2.25. The van der Waals surface area contributed by atoms with Crippen LogP contribution in [0.2, 0.25) is 0 Å². The van der Waals surface area contributed by atoms with Gasteiger partial charge in [-0.1, -0.05) is 27.7 Å². The first-order valence-corrected chi connectivity index (χ1v) is 6.43. The van der Waals surface area contributed by atoms with Crippen molar-refractivity contribution >= 4 is 11.4 Å². The topological polar surface area (TPSA) is 55.2 Å². The SMILES string of the molecule is CC(CNc1ccc([N+](=O)[O-])cc1C(F)F)C(C)(C)C. The van der Waals surface area contributed by atoms with E-state index in [0.29, 0.717) is 6.54 Å². The van der Waals surface area contributed by atoms with Gasteiger partial charge in [-0.3, -0.25) is 10.1 Å². The van der Waals surface area contributed by atoms with E-state index < -0.39 is 11.3 Å². The van der Waals surface area contributed by atoms with Gasteiger partial charge in [0.05, 0.1) is 4.92 Å². The van der Waals surface area contributed by atoms with E-state index in [9.17, 15) is 18.9 Å². The molecule has 20 heavy (non-hydrogen) atoms. The zero-order chi connectivity index (χ0) is 15.5. The van der Waals surface area contributed by atoms with Gasteiger partial charge in [-0.2, -0.15) is 0 Å². The van der Waals surface area contributed by atoms with Gasteiger partial charge < -0.3 is 5.32 Å². The van der Waals surface area contributed by atoms with Crippen LogP contribution in [0.4, 0.5) is 20.2 Å². The number of hydrogen-bond acceptors (Lipinski definition) is 3. The Kier molecular flexibility index (Phi) is 5.03. The Labute approximate surface area is 117 Å². The van der Waals surface area contributed by atoms with E-state index in [4.69, 9.17) is 0 Å². The van der Waals surface area contributed by atoms with Gasteiger partial charge in [0.1, 0.15) is 0 Å². The summed E-state index contributed by atoms with van der Waals surface area (Å²) in [4.78, 5) is 9.95. The molecule has 112 valence electrons. The van der Waals surface area contributed by atoms with Crippen molar-refractivity contribution in [2.45, 2.75) is 34.1 Å². The molecule has 6 heteroatoms. The van der Waals surface area contributed by atoms with Crippen LogP contribution in [0.15, 0.2) is 18.2 Å². The van der Waals surface area contributed by atoms with E-state index in [2.05, 4.69) is 26.1 Å². The highest BCUT2D eigenvalue weighted by atomic mass is 19.3. The van der Waals surface area contributed by atoms with E-state index in [0.717, 1.165) is 6.07 Å². The molecule has 1 unspecified atom stereocenters. The van der Waals surface area contributed by atoms with Gasteiger partial charge in [0, 0.05) is 29.9 Å². The molecule has 0 heterocycles. The number of nitro groups is 1. The molecule has 4 nitrogen and oxygen atoms in total. The van der Waals surface area contributed by atoms with Gasteiger partial charge in [0.15, 0.2) is 0 Å². The van der Waals surface area contributed by atoms with Gasteiger partial charge >= 0.3 is 0 Å². The number of rotatable bonds is 5. The zero-order valence-electron chi connectivity index (χ0n) is 12.1. The van der Waals surface area contributed by atoms with Gasteiger partial charge in [-0.05, 0) is 17.4 Å². The molecule has 1 atom stereocenters. The number of anilines is 1. The fourth-order valence-electron chi connectivity index (χ4n) is 1.57. The average molecular weight is 286 g/mol. The second-order valence-corrected chi connectivity index (χ2v) is 5.98. The third kappa shape index (κ3) is 4.15. The molecule has 1 aromatic carbocycles. The molecule has 1 rings (SSSR count). The summed E-state index contributed by atoms with van der Waals surface area (Å²) in [6, 6.07) is 3.50. The first-order valence-electron chi connectivity index (χ1n) is 6.43. The predicted octanol–water partition coefficient (Wildman–Crippen LogP) is 4.63. The zero-order valence-corrected chi connectivity index (χ0v) is 12.1. The van der Waals surface area contributed by atoms with Gasteiger partial charge in [-0.25, -0.2) is 8.78 Å². The quantitative estimate of drug-likeness (QED) is 0.634. The van der Waals surface area contributed by atoms with Crippen molar-refractivity contribution in [1.82, 2.24) is 0 Å². The number of alkyl halides is 2. The van der Waals surface area contributed by atoms with E-state index in [-0.39, 0.29) is 28.3 Å². The molecule has 0 aromatic heterocycles. The molecular weight excluding hydrogens is 266 g/mol. The summed E-state index contributed by atoms with van der Waals surface area (Å²) in [5.74, 6) is 0.267. The highest BCUT2D eigenvalue weighted by Crippen LogP contribution is 2.32. The number of nitrogens with one attached hydrogen (secondary N) is 1. The first kappa shape index (κ1) is 16.3. The van der Waals surface area contributed by atoms with Crippen LogP contribution in [0.5, 0.6) is 0 Å². The van der Waals surface area contributed by atoms with Crippen molar-refractivity contribution in [2.24, 2.45) is 11.3 Å². The van der Waals surface area contributed by atoms with Crippen LogP contribution in [0, 0.1) is 21.4 Å². The van der Waals surface area contributed by atoms with E-state index >= 15 is 0 Å². The molecule has 0 amide bonds. The van der Waals surface area contributed by atoms with E-state index in [1.165, 1.54) is 12.1 Å². The lowest BCUT2D eigenvalue weighted by atomic mass is 9.82. The standard InChI is InChI=1S/C14H20F2N2O2/c1-9(14(2,3)4)8-17-12-6-5-10(18(19)20)7-11(12)13(15)16/h5-7,9,13,17H,8H2,1-4H3. The van der Waals surface area contributed by atoms with Crippen LogP contribution in [-0.4, -0.2) is 11.5 Å². The lowest BCUT2D eigenvalue weighted by Gasteiger charge is -2.28. The van der Waals surface area contributed by atoms with Crippen LogP contribution < -0.4 is 5.32 Å². The molecular formula is C14H20F2N2O2. The number of hydrogen-bond donors (Lipinski definition) is 1. The monoisotopic (exact) mass is 286 g/mol. The largest absolute Gasteiger partial charge is 0.384 e. The summed E-state index contributed by atoms with van der Waals surface area (Å²) in [7, 11) is 0. The summed E-state index contributed by atoms with van der Waals surface area (Å²) in [6.07, 6.45) is -2.75. The van der Waals surface area contributed by atoms with Crippen molar-refractivity contribution in [3.05, 3.63) is 33.9 Å². The summed E-state index contributed by atoms with van der Waals surface area (Å²) in [6.45, 7) is 8.77. The summed E-state index contributed by atoms with van der Waals surface area (Å²) in [5.41, 5.74) is -0.351. The van der Waals surface area contributed by atoms with Crippen LogP contribution in [-0.2, 0) is 0 Å². The number of nitro benzene ring substituents is 1. The number of nitrogens with zero attached hydrogens (tertiary/aromatic N) is 1. The fourth-order valence-corrected chi connectivity index (χ4v) is 1.57. The van der Waals surface area contributed by atoms with Crippen molar-refractivity contribution in [3.8, 4) is 0 Å². The predicted molar refractivity (Wildman–Crippen MR) is 75.2 cm³/mol. The minimum absolute atomic E-state index is 0.0543. The Bertz CT molecular complexity index is 485. The number of halogens is 2. The van der Waals surface area contributed by atoms with E-state index in [1.54, 1.807) is 0 Å². The Balaban J connectivity index is 2.92. The smallest absolute Gasteiger partial charge is 0.270 e. The molecule has 0 spiro atoms. The highest BCUT2D eigenvalue weighted by Gasteiger charge is 2.22. The van der Waals surface area contributed by atoms with Crippen LogP contribution in [0.1, 0.15) is 39.7 Å². The molecule has 1 N–H and O–H groups in total. The van der Waals surface area contributed by atoms with Crippen molar-refractivity contribution in [1.29, 1.82) is 0 Å². The Morgan fingerprint density at radius 1 is 1.35 bits per heavy atom. The second kappa shape index (κ2) is 6.15. The summed E-state index contributed by atoms with van der Waals surface area (Å²) < 4.78 is 25.9. The highest BCUT2D eigenvalue weighted by molar-refractivity contribution is 5.56. The molecule has 0 bridgehead atoms. The fraction of sp³-hybridized carbons (Fsp3) is 0.571. The average Bonchev–Trinajstić information content (AvgIpc) is 2.34. The van der Waals surface area contributed by atoms with Crippen LogP contribution in [0.3, 0.4) is 0 Å². The van der Waals surface area contributed by atoms with Crippen molar-refractivity contribution in [2.75, 3.05) is 11.9 Å². The maximum absolute atomic E-state index is 13.0. The van der Waals surface area contributed by atoms with E-state index in [1.807, 2.05) is 6.92 Å². The normalized spacial score (nSPS) is 13.3. The molecule has 0 fully saturated rings. The van der Waals surface area contributed by atoms with Gasteiger partial charge in [-0.15, -0.1) is 0 Å². The molecule has 0 saturated heterocycles. The van der Waals surface area contributed by atoms with Gasteiger partial charge in [0.25, 0.3) is 12.1 Å². The number of non-ortho nitro benzene ring substituents is 1. The Morgan fingerprint density at radius 2 is 1.95 bits per heavy atom. The maximum atomic E-state index is 13.0. The van der Waals surface area contributed by atoms with Gasteiger partial charge in [0.2, 0.25) is 0 Å². The Morgan fingerprint density at radius 3 is 2.40 bits per heavy atom. The summed E-state index contributed by atoms with van der Waals surface area (Å²) >= 11 is 0. The second-order valence-electron chi connectivity index (χ2n) is 5.98. The third-order valence-corrected chi connectivity index (χ3v) is 3.56. The molecule has 0 aliphatic heterocycles. The first-order chi connectivity index (χ1) is 9.12. The number of benzene rings is 1. The third-order valence-electron chi connectivity index (χ3n) is 3.56. The minimum Gasteiger partial charge on any atom is -0.384 e. The Hall–Kier alpha value is -1.72. The van der Waals surface area contributed by atoms with Crippen LogP contribution in [0.25, 0.3) is 0 Å². The minimum atomic E-state index is -2.75. The molecule has 0 aliphatic carbocycles. The van der Waals surface area contributed by atoms with Crippen molar-refractivity contribution in [3.63, 3.8) is 0 Å². The summed E-state index contributed by atoms with van der Waals surface area (Å²) in [5, 5.41) is 13.6. The molecule has 0 radical (unpaired) electrons. The molecule has 0 aliphatic rings. The van der Waals surface area contributed by atoms with Crippen molar-refractivity contribution < 1.29 is 13.7 Å². The van der Waals surface area contributed by atoms with Crippen LogP contribution >= 0.6 is 0 Å². The maximum Gasteiger partial charge on any atom is 0.270 e.